The summed E-state index contributed by atoms with van der Waals surface area (Å²) in [5, 5.41) is 0.879. The van der Waals surface area contributed by atoms with Gasteiger partial charge in [0, 0.05) is 56.4 Å². The number of imidazole rings is 1. The predicted octanol–water partition coefficient (Wildman–Crippen LogP) is 2.63. The Kier molecular flexibility index (Phi) is 4.52. The molecule has 0 N–H and O–H groups in total. The Morgan fingerprint density at radius 2 is 2.00 bits per heavy atom. The number of halogens is 1. The van der Waals surface area contributed by atoms with E-state index >= 15 is 0 Å². The van der Waals surface area contributed by atoms with E-state index in [-0.39, 0.29) is 17.5 Å². The zero-order valence-electron chi connectivity index (χ0n) is 16.5. The van der Waals surface area contributed by atoms with Crippen molar-refractivity contribution < 1.29 is 9.18 Å². The first-order chi connectivity index (χ1) is 14.0. The zero-order valence-corrected chi connectivity index (χ0v) is 17.5. The fourth-order valence-corrected chi connectivity index (χ4v) is 5.37. The fourth-order valence-electron chi connectivity index (χ4n) is 4.01. The molecule has 8 heteroatoms. The average Bonchev–Trinajstić information content (AvgIpc) is 3.09. The van der Waals surface area contributed by atoms with Crippen molar-refractivity contribution >= 4 is 25.4 Å². The van der Waals surface area contributed by atoms with Crippen LogP contribution in [0.3, 0.4) is 0 Å². The number of carbonyl (C=O) groups is 1. The summed E-state index contributed by atoms with van der Waals surface area (Å²) >= 11 is 0. The summed E-state index contributed by atoms with van der Waals surface area (Å²) in [5.74, 6) is -0.434. The van der Waals surface area contributed by atoms with Crippen molar-refractivity contribution in [2.45, 2.75) is 12.7 Å². The number of allylic oxidation sites excluding steroid dienone is 1. The van der Waals surface area contributed by atoms with Gasteiger partial charge in [0.2, 0.25) is 0 Å². The SMILES string of the molecule is Cc1cn2cc(C3=CC(=O)N4C=C(N5CCN(C)CC5)C=CC4P3)cc(F)c2n1. The van der Waals surface area contributed by atoms with Crippen molar-refractivity contribution in [2.24, 2.45) is 0 Å². The summed E-state index contributed by atoms with van der Waals surface area (Å²) in [4.78, 5) is 23.5. The molecule has 5 rings (SSSR count). The van der Waals surface area contributed by atoms with Crippen LogP contribution in [-0.2, 0) is 4.79 Å². The van der Waals surface area contributed by atoms with Crippen LogP contribution in [0.15, 0.2) is 48.6 Å². The molecule has 0 aromatic carbocycles. The molecule has 0 aliphatic carbocycles. The predicted molar refractivity (Wildman–Crippen MR) is 113 cm³/mol. The molecular weight excluding hydrogens is 388 g/mol. The lowest BCUT2D eigenvalue weighted by molar-refractivity contribution is -0.123. The fraction of sp³-hybridized carbons (Fsp3) is 0.333. The number of carbonyl (C=O) groups excluding carboxylic acids is 1. The number of likely N-dealkylation sites (N-methyl/N-ethyl adjacent to an activating group) is 1. The quantitative estimate of drug-likeness (QED) is 0.713. The maximum absolute atomic E-state index is 14.5. The van der Waals surface area contributed by atoms with E-state index in [1.165, 1.54) is 6.07 Å². The molecule has 29 heavy (non-hydrogen) atoms. The Balaban J connectivity index is 1.42. The molecule has 2 atom stereocenters. The Labute approximate surface area is 170 Å². The van der Waals surface area contributed by atoms with Gasteiger partial charge in [-0.3, -0.25) is 4.79 Å². The standard InChI is InChI=1S/C21H23FN5OP/c1-14-11-26-12-15(9-17(22)21(26)23-14)18-10-19(28)27-13-16(3-4-20(27)29-18)25-7-5-24(2)6-8-25/h3-4,9-13,20,29H,5-8H2,1-2H3. The van der Waals surface area contributed by atoms with Gasteiger partial charge in [0.1, 0.15) is 0 Å². The molecule has 1 saturated heterocycles. The van der Waals surface area contributed by atoms with Gasteiger partial charge in [-0.15, -0.1) is 0 Å². The lowest BCUT2D eigenvalue weighted by atomic mass is 10.2. The summed E-state index contributed by atoms with van der Waals surface area (Å²) in [7, 11) is 2.49. The van der Waals surface area contributed by atoms with Crippen molar-refractivity contribution in [1.82, 2.24) is 24.1 Å². The number of piperazine rings is 1. The van der Waals surface area contributed by atoms with Gasteiger partial charge >= 0.3 is 0 Å². The molecule has 2 unspecified atom stereocenters. The largest absolute Gasteiger partial charge is 0.368 e. The highest BCUT2D eigenvalue weighted by Crippen LogP contribution is 2.44. The Hall–Kier alpha value is -2.50. The zero-order chi connectivity index (χ0) is 20.1. The molecule has 2 aromatic rings. The first-order valence-corrected chi connectivity index (χ1v) is 10.8. The van der Waals surface area contributed by atoms with E-state index in [1.807, 2.05) is 24.2 Å². The molecule has 5 heterocycles. The number of pyridine rings is 1. The Bertz CT molecular complexity index is 1080. The molecule has 0 bridgehead atoms. The topological polar surface area (TPSA) is 44.1 Å². The average molecular weight is 411 g/mol. The van der Waals surface area contributed by atoms with Gasteiger partial charge in [0.05, 0.1) is 17.2 Å². The van der Waals surface area contributed by atoms with Crippen LogP contribution < -0.4 is 0 Å². The van der Waals surface area contributed by atoms with Crippen LogP contribution in [0, 0.1) is 12.7 Å². The van der Waals surface area contributed by atoms with Gasteiger partial charge in [0.15, 0.2) is 11.5 Å². The third-order valence-electron chi connectivity index (χ3n) is 5.65. The number of fused-ring (bicyclic) bond motifs is 2. The molecule has 0 saturated carbocycles. The summed E-state index contributed by atoms with van der Waals surface area (Å²) in [5.41, 5.74) is 2.91. The first kappa shape index (κ1) is 18.5. The lowest BCUT2D eigenvalue weighted by Gasteiger charge is -2.39. The number of amides is 1. The third kappa shape index (κ3) is 3.38. The summed E-state index contributed by atoms with van der Waals surface area (Å²) < 4.78 is 16.2. The van der Waals surface area contributed by atoms with Gasteiger partial charge in [-0.05, 0) is 31.4 Å². The van der Waals surface area contributed by atoms with E-state index in [2.05, 4.69) is 34.0 Å². The molecule has 1 amide bonds. The number of aromatic nitrogens is 2. The lowest BCUT2D eigenvalue weighted by Crippen LogP contribution is -2.45. The van der Waals surface area contributed by atoms with E-state index in [0.29, 0.717) is 14.2 Å². The second-order valence-electron chi connectivity index (χ2n) is 7.79. The van der Waals surface area contributed by atoms with Crippen LogP contribution in [0.1, 0.15) is 11.3 Å². The van der Waals surface area contributed by atoms with E-state index in [9.17, 15) is 9.18 Å². The first-order valence-electron chi connectivity index (χ1n) is 9.77. The number of nitrogens with zero attached hydrogens (tertiary/aromatic N) is 5. The molecule has 0 spiro atoms. The monoisotopic (exact) mass is 411 g/mol. The number of hydrogen-bond acceptors (Lipinski definition) is 4. The minimum Gasteiger partial charge on any atom is -0.368 e. The van der Waals surface area contributed by atoms with E-state index < -0.39 is 0 Å². The van der Waals surface area contributed by atoms with Crippen LogP contribution in [-0.4, -0.2) is 69.0 Å². The highest BCUT2D eigenvalue weighted by molar-refractivity contribution is 7.51. The smallest absolute Gasteiger partial charge is 0.252 e. The van der Waals surface area contributed by atoms with E-state index in [1.54, 1.807) is 16.7 Å². The number of rotatable bonds is 2. The van der Waals surface area contributed by atoms with Crippen LogP contribution in [0.4, 0.5) is 4.39 Å². The van der Waals surface area contributed by atoms with Crippen molar-refractivity contribution in [2.75, 3.05) is 33.2 Å². The van der Waals surface area contributed by atoms with Gasteiger partial charge in [0.25, 0.3) is 5.91 Å². The molecule has 6 nitrogen and oxygen atoms in total. The summed E-state index contributed by atoms with van der Waals surface area (Å²) in [6, 6.07) is 1.49. The molecule has 150 valence electrons. The van der Waals surface area contributed by atoms with Crippen molar-refractivity contribution in [3.05, 3.63) is 65.7 Å². The Morgan fingerprint density at radius 1 is 1.21 bits per heavy atom. The highest BCUT2D eigenvalue weighted by atomic mass is 31.1. The van der Waals surface area contributed by atoms with Gasteiger partial charge in [-0.25, -0.2) is 9.37 Å². The van der Waals surface area contributed by atoms with Gasteiger partial charge in [-0.2, -0.15) is 0 Å². The minimum absolute atomic E-state index is 0.0120. The summed E-state index contributed by atoms with van der Waals surface area (Å²) in [6.45, 7) is 5.82. The second kappa shape index (κ2) is 7.08. The van der Waals surface area contributed by atoms with Crippen molar-refractivity contribution in [3.8, 4) is 0 Å². The second-order valence-corrected chi connectivity index (χ2v) is 9.20. The van der Waals surface area contributed by atoms with Crippen LogP contribution >= 0.6 is 8.58 Å². The number of aryl methyl sites for hydroxylation is 1. The van der Waals surface area contributed by atoms with Crippen LogP contribution in [0.2, 0.25) is 0 Å². The van der Waals surface area contributed by atoms with Gasteiger partial charge < -0.3 is 19.1 Å². The molecule has 2 aromatic heterocycles. The Morgan fingerprint density at radius 3 is 2.79 bits per heavy atom. The molecule has 1 fully saturated rings. The number of hydrogen-bond donors (Lipinski definition) is 0. The van der Waals surface area contributed by atoms with Crippen LogP contribution in [0.5, 0.6) is 0 Å². The summed E-state index contributed by atoms with van der Waals surface area (Å²) in [6.07, 6.45) is 11.5. The third-order valence-corrected chi connectivity index (χ3v) is 7.16. The minimum atomic E-state index is -0.368. The molecule has 0 radical (unpaired) electrons. The maximum atomic E-state index is 14.5. The maximum Gasteiger partial charge on any atom is 0.252 e. The normalized spacial score (nSPS) is 23.6. The van der Waals surface area contributed by atoms with Crippen molar-refractivity contribution in [1.29, 1.82) is 0 Å². The molecule has 3 aliphatic heterocycles. The van der Waals surface area contributed by atoms with Crippen molar-refractivity contribution in [3.63, 3.8) is 0 Å². The van der Waals surface area contributed by atoms with Gasteiger partial charge in [-0.1, -0.05) is 14.7 Å². The highest BCUT2D eigenvalue weighted by Gasteiger charge is 2.30. The molecular formula is C21H23FN5OP. The van der Waals surface area contributed by atoms with E-state index in [4.69, 9.17) is 0 Å². The molecule has 3 aliphatic rings. The van der Waals surface area contributed by atoms with E-state index in [0.717, 1.165) is 48.4 Å². The van der Waals surface area contributed by atoms with Crippen LogP contribution in [0.25, 0.3) is 11.0 Å².